The van der Waals surface area contributed by atoms with Gasteiger partial charge in [0.25, 0.3) is 0 Å². The standard InChI is InChI=1S/C20H20N2O3S/c1-13-17(19(23)24-2)18(22-20(26)21-13)15-10-6-7-11-16(15)25-12-14-8-4-3-5-9-14/h3-11,18H,12H2,1-2H3,(H2,21,22,26)/t18-/m0/s1. The number of carbonyl (C=O) groups is 1. The van der Waals surface area contributed by atoms with Gasteiger partial charge < -0.3 is 20.1 Å². The van der Waals surface area contributed by atoms with E-state index in [1.165, 1.54) is 7.11 Å². The van der Waals surface area contributed by atoms with Crippen LogP contribution in [-0.2, 0) is 16.1 Å². The van der Waals surface area contributed by atoms with Gasteiger partial charge in [-0.1, -0.05) is 48.5 Å². The number of carbonyl (C=O) groups excluding carboxylic acids is 1. The molecule has 1 aliphatic rings. The minimum atomic E-state index is -0.442. The summed E-state index contributed by atoms with van der Waals surface area (Å²) in [6.45, 7) is 2.24. The topological polar surface area (TPSA) is 59.6 Å². The fraction of sp³-hybridized carbons (Fsp3) is 0.200. The molecule has 0 fully saturated rings. The average molecular weight is 368 g/mol. The first-order valence-corrected chi connectivity index (χ1v) is 8.63. The molecule has 3 rings (SSSR count). The van der Waals surface area contributed by atoms with Crippen LogP contribution < -0.4 is 15.4 Å². The van der Waals surface area contributed by atoms with Gasteiger partial charge in [-0.3, -0.25) is 0 Å². The van der Waals surface area contributed by atoms with Crippen molar-refractivity contribution in [2.24, 2.45) is 0 Å². The number of benzene rings is 2. The second-order valence-electron chi connectivity index (χ2n) is 5.87. The van der Waals surface area contributed by atoms with E-state index in [1.807, 2.05) is 54.6 Å². The molecule has 26 heavy (non-hydrogen) atoms. The van der Waals surface area contributed by atoms with Gasteiger partial charge in [0.2, 0.25) is 0 Å². The van der Waals surface area contributed by atoms with Crippen molar-refractivity contribution in [2.45, 2.75) is 19.6 Å². The number of rotatable bonds is 5. The molecule has 0 saturated carbocycles. The Labute approximate surface area is 158 Å². The van der Waals surface area contributed by atoms with E-state index < -0.39 is 12.0 Å². The zero-order chi connectivity index (χ0) is 18.5. The zero-order valence-corrected chi connectivity index (χ0v) is 15.4. The van der Waals surface area contributed by atoms with Crippen LogP contribution in [0.5, 0.6) is 5.75 Å². The molecule has 2 aromatic rings. The summed E-state index contributed by atoms with van der Waals surface area (Å²) >= 11 is 5.27. The minimum absolute atomic E-state index is 0.409. The monoisotopic (exact) mass is 368 g/mol. The molecule has 0 saturated heterocycles. The predicted octanol–water partition coefficient (Wildman–Crippen LogP) is 3.23. The van der Waals surface area contributed by atoms with Gasteiger partial charge in [-0.2, -0.15) is 0 Å². The molecule has 0 aromatic heterocycles. The van der Waals surface area contributed by atoms with E-state index in [9.17, 15) is 4.79 Å². The lowest BCUT2D eigenvalue weighted by molar-refractivity contribution is -0.136. The van der Waals surface area contributed by atoms with Gasteiger partial charge in [-0.15, -0.1) is 0 Å². The Bertz CT molecular complexity index is 849. The lowest BCUT2D eigenvalue weighted by Gasteiger charge is -2.30. The Kier molecular flexibility index (Phi) is 5.53. The van der Waals surface area contributed by atoms with Crippen molar-refractivity contribution in [3.05, 3.63) is 77.0 Å². The molecule has 0 amide bonds. The number of esters is 1. The van der Waals surface area contributed by atoms with E-state index in [1.54, 1.807) is 6.92 Å². The smallest absolute Gasteiger partial charge is 0.337 e. The molecule has 6 heteroatoms. The summed E-state index contributed by atoms with van der Waals surface area (Å²) in [4.78, 5) is 12.3. The quantitative estimate of drug-likeness (QED) is 0.624. The summed E-state index contributed by atoms with van der Waals surface area (Å²) < 4.78 is 11.0. The number of methoxy groups -OCH3 is 1. The van der Waals surface area contributed by atoms with Crippen LogP contribution in [0, 0.1) is 0 Å². The van der Waals surface area contributed by atoms with Gasteiger partial charge in [-0.25, -0.2) is 4.79 Å². The van der Waals surface area contributed by atoms with Gasteiger partial charge >= 0.3 is 5.97 Å². The molecule has 1 atom stereocenters. The van der Waals surface area contributed by atoms with Crippen molar-refractivity contribution in [2.75, 3.05) is 7.11 Å². The van der Waals surface area contributed by atoms with Crippen LogP contribution in [-0.4, -0.2) is 18.2 Å². The fourth-order valence-corrected chi connectivity index (χ4v) is 3.16. The highest BCUT2D eigenvalue weighted by molar-refractivity contribution is 7.80. The molecule has 134 valence electrons. The van der Waals surface area contributed by atoms with Gasteiger partial charge in [0, 0.05) is 11.3 Å². The second-order valence-corrected chi connectivity index (χ2v) is 6.28. The van der Waals surface area contributed by atoms with Crippen LogP contribution in [0.15, 0.2) is 65.9 Å². The van der Waals surface area contributed by atoms with Gasteiger partial charge in [0.1, 0.15) is 12.4 Å². The molecular formula is C20H20N2O3S. The first kappa shape index (κ1) is 17.9. The molecule has 2 aromatic carbocycles. The van der Waals surface area contributed by atoms with Crippen LogP contribution in [0.4, 0.5) is 0 Å². The van der Waals surface area contributed by atoms with E-state index in [4.69, 9.17) is 21.7 Å². The Morgan fingerprint density at radius 2 is 1.81 bits per heavy atom. The Hall–Kier alpha value is -2.86. The molecule has 0 unspecified atom stereocenters. The lowest BCUT2D eigenvalue weighted by Crippen LogP contribution is -2.45. The van der Waals surface area contributed by atoms with Crippen LogP contribution in [0.25, 0.3) is 0 Å². The summed E-state index contributed by atoms with van der Waals surface area (Å²) in [7, 11) is 1.37. The minimum Gasteiger partial charge on any atom is -0.489 e. The van der Waals surface area contributed by atoms with Crippen LogP contribution >= 0.6 is 12.2 Å². The summed E-state index contributed by atoms with van der Waals surface area (Å²) in [6.07, 6.45) is 0. The second kappa shape index (κ2) is 8.01. The van der Waals surface area contributed by atoms with Crippen LogP contribution in [0.3, 0.4) is 0 Å². The molecular weight excluding hydrogens is 348 g/mol. The Balaban J connectivity index is 1.93. The van der Waals surface area contributed by atoms with Crippen molar-refractivity contribution >= 4 is 23.3 Å². The van der Waals surface area contributed by atoms with Gasteiger partial charge in [0.05, 0.1) is 18.7 Å². The van der Waals surface area contributed by atoms with Crippen molar-refractivity contribution < 1.29 is 14.3 Å². The molecule has 1 heterocycles. The van der Waals surface area contributed by atoms with E-state index in [-0.39, 0.29) is 0 Å². The normalized spacial score (nSPS) is 16.5. The van der Waals surface area contributed by atoms with Crippen molar-refractivity contribution in [3.8, 4) is 5.75 Å². The van der Waals surface area contributed by atoms with E-state index in [0.29, 0.717) is 28.7 Å². The maximum absolute atomic E-state index is 12.3. The third-order valence-corrected chi connectivity index (χ3v) is 4.36. The highest BCUT2D eigenvalue weighted by Gasteiger charge is 2.32. The largest absolute Gasteiger partial charge is 0.489 e. The lowest BCUT2D eigenvalue weighted by atomic mass is 9.95. The fourth-order valence-electron chi connectivity index (χ4n) is 2.89. The van der Waals surface area contributed by atoms with Crippen LogP contribution in [0.2, 0.25) is 0 Å². The predicted molar refractivity (Wildman–Crippen MR) is 104 cm³/mol. The number of nitrogens with one attached hydrogen (secondary N) is 2. The molecule has 1 aliphatic heterocycles. The number of thiocarbonyl (C=S) groups is 1. The number of hydrogen-bond donors (Lipinski definition) is 2. The molecule has 5 nitrogen and oxygen atoms in total. The highest BCUT2D eigenvalue weighted by Crippen LogP contribution is 2.33. The summed E-state index contributed by atoms with van der Waals surface area (Å²) in [6, 6.07) is 17.1. The first-order valence-electron chi connectivity index (χ1n) is 8.22. The molecule has 0 radical (unpaired) electrons. The van der Waals surface area contributed by atoms with E-state index >= 15 is 0 Å². The van der Waals surface area contributed by atoms with Gasteiger partial charge in [-0.05, 0) is 30.8 Å². The maximum atomic E-state index is 12.3. The Morgan fingerprint density at radius 1 is 1.12 bits per heavy atom. The molecule has 0 aliphatic carbocycles. The van der Waals surface area contributed by atoms with Crippen LogP contribution in [0.1, 0.15) is 24.1 Å². The zero-order valence-electron chi connectivity index (χ0n) is 14.6. The van der Waals surface area contributed by atoms with E-state index in [2.05, 4.69) is 10.6 Å². The molecule has 0 spiro atoms. The average Bonchev–Trinajstić information content (AvgIpc) is 2.66. The SMILES string of the molecule is COC(=O)C1=C(C)NC(=S)N[C@H]1c1ccccc1OCc1ccccc1. The summed E-state index contributed by atoms with van der Waals surface area (Å²) in [5.74, 6) is 0.278. The number of ether oxygens (including phenoxy) is 2. The summed E-state index contributed by atoms with van der Waals surface area (Å²) in [5.41, 5.74) is 3.04. The van der Waals surface area contributed by atoms with Crippen molar-refractivity contribution in [1.29, 1.82) is 0 Å². The third kappa shape index (κ3) is 3.86. The highest BCUT2D eigenvalue weighted by atomic mass is 32.1. The number of allylic oxidation sites excluding steroid dienone is 1. The molecule has 0 bridgehead atoms. The third-order valence-electron chi connectivity index (χ3n) is 4.14. The van der Waals surface area contributed by atoms with Gasteiger partial charge in [0.15, 0.2) is 5.11 Å². The summed E-state index contributed by atoms with van der Waals surface area (Å²) in [5, 5.41) is 6.58. The number of hydrogen-bond acceptors (Lipinski definition) is 4. The number of para-hydroxylation sites is 1. The maximum Gasteiger partial charge on any atom is 0.337 e. The van der Waals surface area contributed by atoms with Crippen molar-refractivity contribution in [3.63, 3.8) is 0 Å². The van der Waals surface area contributed by atoms with Crippen molar-refractivity contribution in [1.82, 2.24) is 10.6 Å². The Morgan fingerprint density at radius 3 is 2.54 bits per heavy atom. The first-order chi connectivity index (χ1) is 12.6. The van der Waals surface area contributed by atoms with E-state index in [0.717, 1.165) is 11.1 Å². The molecule has 2 N–H and O–H groups in total.